The summed E-state index contributed by atoms with van der Waals surface area (Å²) in [5.74, 6) is 1.06. The summed E-state index contributed by atoms with van der Waals surface area (Å²) >= 11 is 5.94. The van der Waals surface area contributed by atoms with Gasteiger partial charge in [0.25, 0.3) is 0 Å². The van der Waals surface area contributed by atoms with Crippen LogP contribution in [0.25, 0.3) is 0 Å². The van der Waals surface area contributed by atoms with Gasteiger partial charge in [0, 0.05) is 43.3 Å². The minimum absolute atomic E-state index is 0.221. The van der Waals surface area contributed by atoms with Gasteiger partial charge in [0.1, 0.15) is 5.75 Å². The number of piperazine rings is 1. The third-order valence-corrected chi connectivity index (χ3v) is 4.84. The van der Waals surface area contributed by atoms with Crippen LogP contribution in [0.2, 0.25) is 5.02 Å². The maximum atomic E-state index is 12.5. The van der Waals surface area contributed by atoms with Crippen LogP contribution < -0.4 is 9.64 Å². The Balaban J connectivity index is 1.48. The van der Waals surface area contributed by atoms with Crippen molar-refractivity contribution in [1.29, 1.82) is 0 Å². The summed E-state index contributed by atoms with van der Waals surface area (Å²) < 4.78 is 5.23. The Morgan fingerprint density at radius 2 is 1.80 bits per heavy atom. The highest BCUT2D eigenvalue weighted by molar-refractivity contribution is 6.30. The molecule has 1 aliphatic heterocycles. The van der Waals surface area contributed by atoms with Crippen LogP contribution in [-0.4, -0.2) is 44.1 Å². The van der Waals surface area contributed by atoms with Gasteiger partial charge >= 0.3 is 0 Å². The van der Waals surface area contributed by atoms with Crippen LogP contribution in [0.15, 0.2) is 48.5 Å². The monoisotopic (exact) mass is 358 g/mol. The molecule has 1 aliphatic rings. The Kier molecular flexibility index (Phi) is 5.82. The molecule has 1 saturated heterocycles. The van der Waals surface area contributed by atoms with E-state index < -0.39 is 0 Å². The number of amides is 1. The van der Waals surface area contributed by atoms with Gasteiger partial charge in [-0.25, -0.2) is 0 Å². The third-order valence-electron chi connectivity index (χ3n) is 4.59. The Morgan fingerprint density at radius 1 is 1.08 bits per heavy atom. The maximum absolute atomic E-state index is 12.5. The molecule has 1 heterocycles. The third kappa shape index (κ3) is 4.67. The minimum atomic E-state index is 0.221. The molecule has 0 saturated carbocycles. The average molecular weight is 359 g/mol. The van der Waals surface area contributed by atoms with Gasteiger partial charge < -0.3 is 14.5 Å². The van der Waals surface area contributed by atoms with E-state index >= 15 is 0 Å². The van der Waals surface area contributed by atoms with Gasteiger partial charge in [-0.05, 0) is 48.4 Å². The molecule has 0 N–H and O–H groups in total. The van der Waals surface area contributed by atoms with Gasteiger partial charge in [-0.2, -0.15) is 0 Å². The molecule has 4 nitrogen and oxygen atoms in total. The molecule has 25 heavy (non-hydrogen) atoms. The lowest BCUT2D eigenvalue weighted by atomic mass is 10.1. The first-order valence-electron chi connectivity index (χ1n) is 8.57. The molecule has 0 bridgehead atoms. The molecular formula is C20H23ClN2O2. The van der Waals surface area contributed by atoms with Crippen LogP contribution in [0.1, 0.15) is 12.0 Å². The van der Waals surface area contributed by atoms with Crippen molar-refractivity contribution in [2.24, 2.45) is 0 Å². The molecule has 0 aliphatic carbocycles. The molecule has 132 valence electrons. The topological polar surface area (TPSA) is 32.8 Å². The molecule has 0 radical (unpaired) electrons. The van der Waals surface area contributed by atoms with E-state index in [1.165, 1.54) is 0 Å². The van der Waals surface area contributed by atoms with Crippen molar-refractivity contribution in [1.82, 2.24) is 4.90 Å². The highest BCUT2D eigenvalue weighted by atomic mass is 35.5. The van der Waals surface area contributed by atoms with Gasteiger partial charge in [0.05, 0.1) is 7.11 Å². The number of benzene rings is 2. The summed E-state index contributed by atoms with van der Waals surface area (Å²) in [5, 5.41) is 0.745. The van der Waals surface area contributed by atoms with E-state index in [0.717, 1.165) is 54.6 Å². The number of rotatable bonds is 5. The van der Waals surface area contributed by atoms with Gasteiger partial charge in [0.2, 0.25) is 5.91 Å². The Labute approximate surface area is 154 Å². The second-order valence-electron chi connectivity index (χ2n) is 6.20. The van der Waals surface area contributed by atoms with Crippen molar-refractivity contribution in [2.45, 2.75) is 12.8 Å². The number of aryl methyl sites for hydroxylation is 1. The van der Waals surface area contributed by atoms with Gasteiger partial charge in [-0.1, -0.05) is 23.7 Å². The van der Waals surface area contributed by atoms with Crippen molar-refractivity contribution in [2.75, 3.05) is 38.2 Å². The predicted molar refractivity (Wildman–Crippen MR) is 102 cm³/mol. The van der Waals surface area contributed by atoms with Crippen molar-refractivity contribution in [3.05, 3.63) is 59.1 Å². The first-order valence-corrected chi connectivity index (χ1v) is 8.95. The summed E-state index contributed by atoms with van der Waals surface area (Å²) in [6.45, 7) is 3.23. The summed E-state index contributed by atoms with van der Waals surface area (Å²) in [6.07, 6.45) is 1.28. The normalized spacial score (nSPS) is 14.5. The largest absolute Gasteiger partial charge is 0.497 e. The number of hydrogen-bond donors (Lipinski definition) is 0. The Hall–Kier alpha value is -2.20. The second kappa shape index (κ2) is 8.26. The predicted octanol–water partition coefficient (Wildman–Crippen LogP) is 3.63. The summed E-state index contributed by atoms with van der Waals surface area (Å²) in [4.78, 5) is 16.7. The van der Waals surface area contributed by atoms with Crippen molar-refractivity contribution >= 4 is 23.2 Å². The smallest absolute Gasteiger partial charge is 0.223 e. The summed E-state index contributed by atoms with van der Waals surface area (Å²) in [7, 11) is 1.66. The average Bonchev–Trinajstić information content (AvgIpc) is 2.67. The van der Waals surface area contributed by atoms with Crippen LogP contribution >= 0.6 is 11.6 Å². The number of halogens is 1. The standard InChI is InChI=1S/C20H23ClN2O2/c1-25-19-4-2-3-16(15-19)5-10-20(24)23-13-11-22(12-14-23)18-8-6-17(21)7-9-18/h2-4,6-9,15H,5,10-14H2,1H3. The fourth-order valence-electron chi connectivity index (χ4n) is 3.10. The van der Waals surface area contributed by atoms with Crippen molar-refractivity contribution < 1.29 is 9.53 Å². The second-order valence-corrected chi connectivity index (χ2v) is 6.63. The zero-order valence-corrected chi connectivity index (χ0v) is 15.2. The molecule has 1 fully saturated rings. The highest BCUT2D eigenvalue weighted by Crippen LogP contribution is 2.20. The molecule has 3 rings (SSSR count). The van der Waals surface area contributed by atoms with E-state index in [4.69, 9.17) is 16.3 Å². The van der Waals surface area contributed by atoms with E-state index in [1.807, 2.05) is 53.4 Å². The van der Waals surface area contributed by atoms with Gasteiger partial charge in [-0.3, -0.25) is 4.79 Å². The molecule has 0 aromatic heterocycles. The van der Waals surface area contributed by atoms with Crippen LogP contribution in [0.5, 0.6) is 5.75 Å². The molecule has 2 aromatic carbocycles. The highest BCUT2D eigenvalue weighted by Gasteiger charge is 2.21. The zero-order chi connectivity index (χ0) is 17.6. The number of anilines is 1. The summed E-state index contributed by atoms with van der Waals surface area (Å²) in [5.41, 5.74) is 2.29. The van der Waals surface area contributed by atoms with E-state index in [2.05, 4.69) is 4.90 Å². The lowest BCUT2D eigenvalue weighted by molar-refractivity contribution is -0.131. The van der Waals surface area contributed by atoms with Crippen molar-refractivity contribution in [3.8, 4) is 5.75 Å². The molecular weight excluding hydrogens is 336 g/mol. The zero-order valence-electron chi connectivity index (χ0n) is 14.5. The molecule has 5 heteroatoms. The van der Waals surface area contributed by atoms with E-state index in [1.54, 1.807) is 7.11 Å². The fraction of sp³-hybridized carbons (Fsp3) is 0.350. The quantitative estimate of drug-likeness (QED) is 0.818. The number of carbonyl (C=O) groups is 1. The lowest BCUT2D eigenvalue weighted by Gasteiger charge is -2.36. The van der Waals surface area contributed by atoms with Crippen LogP contribution in [0.3, 0.4) is 0 Å². The maximum Gasteiger partial charge on any atom is 0.223 e. The number of methoxy groups -OCH3 is 1. The first kappa shape index (κ1) is 17.6. The van der Waals surface area contributed by atoms with Crippen LogP contribution in [-0.2, 0) is 11.2 Å². The lowest BCUT2D eigenvalue weighted by Crippen LogP contribution is -2.48. The van der Waals surface area contributed by atoms with Crippen LogP contribution in [0, 0.1) is 0 Å². The number of carbonyl (C=O) groups excluding carboxylic acids is 1. The Bertz CT molecular complexity index is 710. The number of nitrogens with zero attached hydrogens (tertiary/aromatic N) is 2. The van der Waals surface area contributed by atoms with Crippen LogP contribution in [0.4, 0.5) is 5.69 Å². The molecule has 1 amide bonds. The SMILES string of the molecule is COc1cccc(CCC(=O)N2CCN(c3ccc(Cl)cc3)CC2)c1. The minimum Gasteiger partial charge on any atom is -0.497 e. The Morgan fingerprint density at radius 3 is 2.48 bits per heavy atom. The van der Waals surface area contributed by atoms with E-state index in [0.29, 0.717) is 6.42 Å². The number of ether oxygens (including phenoxy) is 1. The number of hydrogen-bond acceptors (Lipinski definition) is 3. The first-order chi connectivity index (χ1) is 12.2. The molecule has 2 aromatic rings. The van der Waals surface area contributed by atoms with Gasteiger partial charge in [0.15, 0.2) is 0 Å². The molecule has 0 spiro atoms. The molecule has 0 unspecified atom stereocenters. The van der Waals surface area contributed by atoms with E-state index in [9.17, 15) is 4.79 Å². The van der Waals surface area contributed by atoms with Crippen molar-refractivity contribution in [3.63, 3.8) is 0 Å². The summed E-state index contributed by atoms with van der Waals surface area (Å²) in [6, 6.07) is 15.8. The van der Waals surface area contributed by atoms with E-state index in [-0.39, 0.29) is 5.91 Å². The fourth-order valence-corrected chi connectivity index (χ4v) is 3.23. The molecule has 0 atom stereocenters. The van der Waals surface area contributed by atoms with Gasteiger partial charge in [-0.15, -0.1) is 0 Å².